The molecule has 2 aromatic heterocycles. The fraction of sp³-hybridized carbons (Fsp3) is 0.0769. The van der Waals surface area contributed by atoms with Crippen molar-refractivity contribution in [2.45, 2.75) is 19.3 Å². The first-order valence-corrected chi connectivity index (χ1v) is 14.5. The van der Waals surface area contributed by atoms with Crippen LogP contribution in [0, 0.1) is 0 Å². The van der Waals surface area contributed by atoms with Gasteiger partial charge in [-0.25, -0.2) is 9.97 Å². The van der Waals surface area contributed by atoms with E-state index in [-0.39, 0.29) is 5.41 Å². The van der Waals surface area contributed by atoms with Crippen LogP contribution in [0.4, 0.5) is 0 Å². The Morgan fingerprint density at radius 2 is 1.21 bits per heavy atom. The van der Waals surface area contributed by atoms with Crippen LogP contribution in [0.15, 0.2) is 127 Å². The van der Waals surface area contributed by atoms with Gasteiger partial charge in [-0.1, -0.05) is 129 Å². The molecule has 198 valence electrons. The number of hydrogen-bond donors (Lipinski definition) is 0. The average molecular weight is 538 g/mol. The second-order valence-electron chi connectivity index (χ2n) is 11.8. The van der Waals surface area contributed by atoms with E-state index in [0.717, 1.165) is 33.2 Å². The normalized spacial score (nSPS) is 13.7. The highest BCUT2D eigenvalue weighted by Gasteiger charge is 2.39. The molecule has 1 aliphatic rings. The maximum Gasteiger partial charge on any atom is 0.235 e. The van der Waals surface area contributed by atoms with E-state index in [1.807, 2.05) is 6.07 Å². The molecule has 3 heteroatoms. The molecular weight excluding hydrogens is 510 g/mol. The second kappa shape index (κ2) is 8.37. The van der Waals surface area contributed by atoms with E-state index in [0.29, 0.717) is 5.95 Å². The van der Waals surface area contributed by atoms with Gasteiger partial charge in [-0.2, -0.15) is 0 Å². The quantitative estimate of drug-likeness (QED) is 0.220. The Bertz CT molecular complexity index is 2380. The number of rotatable bonds is 2. The molecular formula is C39H27N3. The number of hydrogen-bond acceptors (Lipinski definition) is 2. The molecule has 0 radical (unpaired) electrons. The van der Waals surface area contributed by atoms with Crippen LogP contribution in [0.2, 0.25) is 0 Å². The van der Waals surface area contributed by atoms with Gasteiger partial charge in [0.25, 0.3) is 0 Å². The Kier molecular flexibility index (Phi) is 4.67. The van der Waals surface area contributed by atoms with Crippen molar-refractivity contribution in [3.05, 3.63) is 139 Å². The van der Waals surface area contributed by atoms with Gasteiger partial charge in [-0.3, -0.25) is 4.57 Å². The molecule has 2 heterocycles. The van der Waals surface area contributed by atoms with Crippen LogP contribution < -0.4 is 0 Å². The molecule has 0 N–H and O–H groups in total. The van der Waals surface area contributed by atoms with Crippen LogP contribution in [-0.4, -0.2) is 14.5 Å². The molecule has 0 aliphatic heterocycles. The van der Waals surface area contributed by atoms with E-state index in [1.165, 1.54) is 43.8 Å². The molecule has 0 spiro atoms. The third-order valence-electron chi connectivity index (χ3n) is 9.16. The van der Waals surface area contributed by atoms with Gasteiger partial charge in [0.05, 0.1) is 22.2 Å². The summed E-state index contributed by atoms with van der Waals surface area (Å²) in [5.41, 5.74) is 10.5. The van der Waals surface area contributed by atoms with Crippen molar-refractivity contribution in [1.82, 2.24) is 14.5 Å². The lowest BCUT2D eigenvalue weighted by molar-refractivity contribution is 0.666. The van der Waals surface area contributed by atoms with Gasteiger partial charge in [0.2, 0.25) is 5.95 Å². The lowest BCUT2D eigenvalue weighted by Gasteiger charge is -2.23. The standard InChI is InChI=1S/C39H27N3/c1-39(2)30-21-11-8-18-27(30)33-34-29-20-10-13-23-32(29)42(37(34)26-17-7-6-16-25(26)35(33)39)38-40-31-22-12-9-19-28(31)36(41-38)24-14-4-3-5-15-24/h3-23H,1-2H3. The van der Waals surface area contributed by atoms with Gasteiger partial charge in [-0.05, 0) is 39.8 Å². The molecule has 0 saturated carbocycles. The monoisotopic (exact) mass is 537 g/mol. The zero-order valence-electron chi connectivity index (χ0n) is 23.5. The number of fused-ring (bicyclic) bond motifs is 11. The zero-order chi connectivity index (χ0) is 28.0. The first kappa shape index (κ1) is 23.4. The molecule has 0 unspecified atom stereocenters. The third-order valence-corrected chi connectivity index (χ3v) is 9.16. The van der Waals surface area contributed by atoms with Crippen LogP contribution in [0.1, 0.15) is 25.0 Å². The number of benzene rings is 6. The van der Waals surface area contributed by atoms with Crippen molar-refractivity contribution in [3.63, 3.8) is 0 Å². The van der Waals surface area contributed by atoms with Gasteiger partial charge in [0.15, 0.2) is 0 Å². The molecule has 1 aliphatic carbocycles. The Labute approximate surface area is 243 Å². The fourth-order valence-electron chi connectivity index (χ4n) is 7.40. The Morgan fingerprint density at radius 1 is 0.571 bits per heavy atom. The molecule has 0 amide bonds. The highest BCUT2D eigenvalue weighted by atomic mass is 15.2. The number of nitrogens with zero attached hydrogens (tertiary/aromatic N) is 3. The molecule has 0 atom stereocenters. The SMILES string of the molecule is CC1(C)c2ccccc2-c2c1c1ccccc1c1c2c2ccccc2n1-c1nc(-c2ccccc2)c2ccccc2n1. The van der Waals surface area contributed by atoms with Crippen molar-refractivity contribution in [1.29, 1.82) is 0 Å². The van der Waals surface area contributed by atoms with Crippen LogP contribution in [0.5, 0.6) is 0 Å². The Morgan fingerprint density at radius 3 is 2.05 bits per heavy atom. The maximum absolute atomic E-state index is 5.34. The summed E-state index contributed by atoms with van der Waals surface area (Å²) in [4.78, 5) is 10.6. The van der Waals surface area contributed by atoms with Gasteiger partial charge in [0, 0.05) is 32.5 Å². The molecule has 0 fully saturated rings. The first-order valence-electron chi connectivity index (χ1n) is 14.5. The second-order valence-corrected chi connectivity index (χ2v) is 11.8. The summed E-state index contributed by atoms with van der Waals surface area (Å²) in [6.45, 7) is 4.74. The van der Waals surface area contributed by atoms with E-state index < -0.39 is 0 Å². The highest BCUT2D eigenvalue weighted by Crippen LogP contribution is 2.56. The number of aromatic nitrogens is 3. The van der Waals surface area contributed by atoms with Gasteiger partial charge >= 0.3 is 0 Å². The summed E-state index contributed by atoms with van der Waals surface area (Å²) < 4.78 is 2.31. The van der Waals surface area contributed by atoms with Gasteiger partial charge in [0.1, 0.15) is 0 Å². The smallest absolute Gasteiger partial charge is 0.235 e. The topological polar surface area (TPSA) is 30.7 Å². The van der Waals surface area contributed by atoms with Crippen molar-refractivity contribution in [2.75, 3.05) is 0 Å². The number of para-hydroxylation sites is 2. The van der Waals surface area contributed by atoms with Crippen molar-refractivity contribution in [2.24, 2.45) is 0 Å². The van der Waals surface area contributed by atoms with Crippen LogP contribution >= 0.6 is 0 Å². The Hall–Kier alpha value is -5.28. The minimum Gasteiger partial charge on any atom is -0.277 e. The molecule has 9 rings (SSSR count). The molecule has 0 bridgehead atoms. The average Bonchev–Trinajstić information content (AvgIpc) is 3.51. The van der Waals surface area contributed by atoms with Crippen LogP contribution in [0.25, 0.3) is 71.8 Å². The highest BCUT2D eigenvalue weighted by molar-refractivity contribution is 6.26. The molecule has 3 nitrogen and oxygen atoms in total. The summed E-state index contributed by atoms with van der Waals surface area (Å²) in [5, 5.41) is 6.06. The molecule has 42 heavy (non-hydrogen) atoms. The summed E-state index contributed by atoms with van der Waals surface area (Å²) >= 11 is 0. The fourth-order valence-corrected chi connectivity index (χ4v) is 7.40. The predicted molar refractivity (Wildman–Crippen MR) is 174 cm³/mol. The summed E-state index contributed by atoms with van der Waals surface area (Å²) in [6, 6.07) is 45.3. The molecule has 8 aromatic rings. The maximum atomic E-state index is 5.34. The van der Waals surface area contributed by atoms with Crippen molar-refractivity contribution >= 4 is 43.5 Å². The first-order chi connectivity index (χ1) is 20.6. The van der Waals surface area contributed by atoms with E-state index in [1.54, 1.807) is 0 Å². The lowest BCUT2D eigenvalue weighted by atomic mass is 9.79. The van der Waals surface area contributed by atoms with Gasteiger partial charge in [-0.15, -0.1) is 0 Å². The predicted octanol–water partition coefficient (Wildman–Crippen LogP) is 9.85. The van der Waals surface area contributed by atoms with Crippen LogP contribution in [-0.2, 0) is 5.41 Å². The van der Waals surface area contributed by atoms with Crippen molar-refractivity contribution < 1.29 is 0 Å². The zero-order valence-corrected chi connectivity index (χ0v) is 23.5. The van der Waals surface area contributed by atoms with E-state index in [4.69, 9.17) is 9.97 Å². The summed E-state index contributed by atoms with van der Waals surface area (Å²) in [5.74, 6) is 0.689. The summed E-state index contributed by atoms with van der Waals surface area (Å²) in [7, 11) is 0. The third kappa shape index (κ3) is 3.00. The van der Waals surface area contributed by atoms with E-state index in [2.05, 4.69) is 140 Å². The minimum absolute atomic E-state index is 0.122. The van der Waals surface area contributed by atoms with Gasteiger partial charge < -0.3 is 0 Å². The Balaban J connectivity index is 1.52. The largest absolute Gasteiger partial charge is 0.277 e. The minimum atomic E-state index is -0.122. The van der Waals surface area contributed by atoms with Crippen molar-refractivity contribution in [3.8, 4) is 28.3 Å². The van der Waals surface area contributed by atoms with Crippen LogP contribution in [0.3, 0.4) is 0 Å². The molecule has 6 aromatic carbocycles. The van der Waals surface area contributed by atoms with E-state index >= 15 is 0 Å². The van der Waals surface area contributed by atoms with E-state index in [9.17, 15) is 0 Å². The lowest BCUT2D eigenvalue weighted by Crippen LogP contribution is -2.15. The molecule has 0 saturated heterocycles. The summed E-state index contributed by atoms with van der Waals surface area (Å²) in [6.07, 6.45) is 0.